The molecule has 102 valence electrons. The second kappa shape index (κ2) is 5.18. The minimum atomic E-state index is -3.16. The van der Waals surface area contributed by atoms with Crippen molar-refractivity contribution in [3.05, 3.63) is 72.3 Å². The molecule has 0 saturated carbocycles. The predicted octanol–water partition coefficient (Wildman–Crippen LogP) is 4.58. The largest absolute Gasteiger partial charge is 0.435 e. The Morgan fingerprint density at radius 3 is 2.75 bits per heavy atom. The quantitative estimate of drug-likeness (QED) is 0.609. The number of hydrogen-bond acceptors (Lipinski definition) is 3. The summed E-state index contributed by atoms with van der Waals surface area (Å²) in [7, 11) is -3.16. The van der Waals surface area contributed by atoms with E-state index in [0.717, 1.165) is 11.1 Å². The summed E-state index contributed by atoms with van der Waals surface area (Å²) in [5.74, 6) is 1.25. The van der Waals surface area contributed by atoms with Gasteiger partial charge in [-0.25, -0.2) is 4.57 Å². The summed E-state index contributed by atoms with van der Waals surface area (Å²) in [4.78, 5) is 0. The lowest BCUT2D eigenvalue weighted by atomic mass is 10.1. The highest BCUT2D eigenvalue weighted by Gasteiger charge is 2.36. The summed E-state index contributed by atoms with van der Waals surface area (Å²) in [5, 5.41) is 0. The molecule has 0 spiro atoms. The third-order valence-corrected chi connectivity index (χ3v) is 4.83. The van der Waals surface area contributed by atoms with Gasteiger partial charge in [0.05, 0.1) is 0 Å². The van der Waals surface area contributed by atoms with Crippen molar-refractivity contribution in [2.45, 2.75) is 12.6 Å². The average molecular weight is 286 g/mol. The number of hydrogen-bond donors (Lipinski definition) is 0. The van der Waals surface area contributed by atoms with Crippen LogP contribution in [-0.2, 0) is 17.1 Å². The van der Waals surface area contributed by atoms with E-state index in [-0.39, 0.29) is 0 Å². The number of para-hydroxylation sites is 2. The van der Waals surface area contributed by atoms with Gasteiger partial charge in [-0.1, -0.05) is 42.5 Å². The van der Waals surface area contributed by atoms with Gasteiger partial charge in [0.15, 0.2) is 0 Å². The molecule has 1 aliphatic heterocycles. The lowest BCUT2D eigenvalue weighted by Gasteiger charge is -2.15. The molecule has 1 unspecified atom stereocenters. The molecule has 0 aliphatic carbocycles. The lowest BCUT2D eigenvalue weighted by Crippen LogP contribution is -1.99. The molecule has 0 N–H and O–H groups in total. The average Bonchev–Trinajstić information content (AvgIpc) is 2.77. The molecular weight excluding hydrogens is 271 g/mol. The molecule has 0 amide bonds. The van der Waals surface area contributed by atoms with E-state index in [9.17, 15) is 4.57 Å². The fraction of sp³-hybridized carbons (Fsp3) is 0.125. The Bertz CT molecular complexity index is 665. The van der Waals surface area contributed by atoms with Crippen LogP contribution in [0.15, 0.2) is 61.2 Å². The Balaban J connectivity index is 1.86. The fourth-order valence-electron chi connectivity index (χ4n) is 2.23. The zero-order valence-electron chi connectivity index (χ0n) is 11.0. The topological polar surface area (TPSA) is 35.5 Å². The molecule has 0 aromatic heterocycles. The number of fused-ring (bicyclic) bond motifs is 1. The normalized spacial score (nSPS) is 20.0. The van der Waals surface area contributed by atoms with Crippen molar-refractivity contribution < 1.29 is 13.6 Å². The van der Waals surface area contributed by atoms with Gasteiger partial charge in [-0.05, 0) is 24.1 Å². The highest BCUT2D eigenvalue weighted by Crippen LogP contribution is 2.58. The van der Waals surface area contributed by atoms with Crippen LogP contribution in [0.25, 0.3) is 0 Å². The first-order valence-corrected chi connectivity index (χ1v) is 8.18. The molecule has 0 fully saturated rings. The SMILES string of the molecule is C=CCc1ccccc1OP1(=O)Cc2ccccc2O1. The fourth-order valence-corrected chi connectivity index (χ4v) is 4.03. The van der Waals surface area contributed by atoms with Gasteiger partial charge in [0.2, 0.25) is 0 Å². The van der Waals surface area contributed by atoms with Gasteiger partial charge in [0, 0.05) is 5.56 Å². The Kier molecular flexibility index (Phi) is 3.37. The van der Waals surface area contributed by atoms with Crippen molar-refractivity contribution in [2.75, 3.05) is 0 Å². The van der Waals surface area contributed by atoms with Crippen LogP contribution in [-0.4, -0.2) is 0 Å². The minimum Gasteiger partial charge on any atom is -0.416 e. The smallest absolute Gasteiger partial charge is 0.416 e. The summed E-state index contributed by atoms with van der Waals surface area (Å²) in [6.45, 7) is 3.72. The van der Waals surface area contributed by atoms with Crippen molar-refractivity contribution in [3.8, 4) is 11.5 Å². The summed E-state index contributed by atoms with van der Waals surface area (Å²) < 4.78 is 24.0. The molecule has 1 aliphatic rings. The molecule has 2 aromatic carbocycles. The molecule has 2 aromatic rings. The summed E-state index contributed by atoms with van der Waals surface area (Å²) >= 11 is 0. The summed E-state index contributed by atoms with van der Waals surface area (Å²) in [6.07, 6.45) is 2.77. The predicted molar refractivity (Wildman–Crippen MR) is 79.4 cm³/mol. The third-order valence-electron chi connectivity index (χ3n) is 3.15. The second-order valence-electron chi connectivity index (χ2n) is 4.66. The number of rotatable bonds is 4. The van der Waals surface area contributed by atoms with Crippen LogP contribution in [0.5, 0.6) is 11.5 Å². The van der Waals surface area contributed by atoms with Crippen molar-refractivity contribution >= 4 is 7.60 Å². The molecule has 0 radical (unpaired) electrons. The first kappa shape index (κ1) is 13.0. The van der Waals surface area contributed by atoms with Crippen molar-refractivity contribution in [1.29, 1.82) is 0 Å². The lowest BCUT2D eigenvalue weighted by molar-refractivity contribution is 0.395. The van der Waals surface area contributed by atoms with Gasteiger partial charge >= 0.3 is 7.60 Å². The van der Waals surface area contributed by atoms with E-state index < -0.39 is 7.60 Å². The molecule has 0 bridgehead atoms. The van der Waals surface area contributed by atoms with Crippen LogP contribution in [0.1, 0.15) is 11.1 Å². The first-order valence-electron chi connectivity index (χ1n) is 6.45. The Morgan fingerprint density at radius 2 is 1.95 bits per heavy atom. The van der Waals surface area contributed by atoms with Gasteiger partial charge in [0.25, 0.3) is 0 Å². The van der Waals surface area contributed by atoms with Gasteiger partial charge in [-0.2, -0.15) is 0 Å². The van der Waals surface area contributed by atoms with Crippen LogP contribution in [0.4, 0.5) is 0 Å². The van der Waals surface area contributed by atoms with Gasteiger partial charge in [-0.3, -0.25) is 0 Å². The van der Waals surface area contributed by atoms with Crippen LogP contribution in [0.3, 0.4) is 0 Å². The van der Waals surface area contributed by atoms with E-state index in [1.165, 1.54) is 0 Å². The molecule has 20 heavy (non-hydrogen) atoms. The highest BCUT2D eigenvalue weighted by molar-refractivity contribution is 7.54. The van der Waals surface area contributed by atoms with E-state index in [2.05, 4.69) is 6.58 Å². The molecule has 1 atom stereocenters. The minimum absolute atomic E-state index is 0.311. The monoisotopic (exact) mass is 286 g/mol. The van der Waals surface area contributed by atoms with Crippen LogP contribution < -0.4 is 9.05 Å². The first-order chi connectivity index (χ1) is 9.70. The zero-order valence-corrected chi connectivity index (χ0v) is 11.9. The third kappa shape index (κ3) is 2.50. The molecular formula is C16H15O3P. The summed E-state index contributed by atoms with van der Waals surface area (Å²) in [5.41, 5.74) is 1.88. The van der Waals surface area contributed by atoms with E-state index in [1.807, 2.05) is 48.5 Å². The Hall–Kier alpha value is -1.99. The van der Waals surface area contributed by atoms with Gasteiger partial charge in [-0.15, -0.1) is 6.58 Å². The number of benzene rings is 2. The van der Waals surface area contributed by atoms with E-state index in [1.54, 1.807) is 6.08 Å². The highest BCUT2D eigenvalue weighted by atomic mass is 31.2. The molecule has 3 rings (SSSR count). The molecule has 3 nitrogen and oxygen atoms in total. The van der Waals surface area contributed by atoms with E-state index in [4.69, 9.17) is 9.05 Å². The summed E-state index contributed by atoms with van der Waals surface area (Å²) in [6, 6.07) is 15.0. The van der Waals surface area contributed by atoms with E-state index in [0.29, 0.717) is 24.1 Å². The molecule has 1 heterocycles. The Labute approximate surface area is 118 Å². The van der Waals surface area contributed by atoms with Crippen LogP contribution in [0, 0.1) is 0 Å². The molecule has 4 heteroatoms. The van der Waals surface area contributed by atoms with Crippen LogP contribution >= 0.6 is 7.60 Å². The van der Waals surface area contributed by atoms with E-state index >= 15 is 0 Å². The van der Waals surface area contributed by atoms with Crippen molar-refractivity contribution in [3.63, 3.8) is 0 Å². The second-order valence-corrected chi connectivity index (χ2v) is 6.56. The van der Waals surface area contributed by atoms with Gasteiger partial charge < -0.3 is 9.05 Å². The maximum atomic E-state index is 12.7. The maximum Gasteiger partial charge on any atom is 0.435 e. The Morgan fingerprint density at radius 1 is 1.20 bits per heavy atom. The van der Waals surface area contributed by atoms with Crippen molar-refractivity contribution in [2.24, 2.45) is 0 Å². The number of allylic oxidation sites excluding steroid dienone is 1. The zero-order chi connectivity index (χ0) is 14.0. The molecule has 0 saturated heterocycles. The standard InChI is InChI=1S/C16H15O3P/c1-2-7-13-8-3-5-10-15(13)18-20(17)12-14-9-4-6-11-16(14)19-20/h2-6,8-11H,1,7,12H2. The van der Waals surface area contributed by atoms with Crippen molar-refractivity contribution in [1.82, 2.24) is 0 Å². The van der Waals surface area contributed by atoms with Crippen LogP contribution in [0.2, 0.25) is 0 Å². The maximum absolute atomic E-state index is 12.7. The van der Waals surface area contributed by atoms with Gasteiger partial charge in [0.1, 0.15) is 17.7 Å².